The van der Waals surface area contributed by atoms with Crippen molar-refractivity contribution < 1.29 is 4.42 Å². The summed E-state index contributed by atoms with van der Waals surface area (Å²) in [5, 5.41) is 3.96. The third-order valence-electron chi connectivity index (χ3n) is 3.20. The van der Waals surface area contributed by atoms with Gasteiger partial charge in [-0.05, 0) is 35.7 Å². The number of furan rings is 1. The van der Waals surface area contributed by atoms with Gasteiger partial charge >= 0.3 is 0 Å². The van der Waals surface area contributed by atoms with E-state index in [1.54, 1.807) is 6.26 Å². The molecular formula is C17H23NOS. The third-order valence-corrected chi connectivity index (χ3v) is 4.31. The topological polar surface area (TPSA) is 25.2 Å². The zero-order chi connectivity index (χ0) is 14.4. The van der Waals surface area contributed by atoms with E-state index < -0.39 is 0 Å². The van der Waals surface area contributed by atoms with Gasteiger partial charge in [-0.15, -0.1) is 11.8 Å². The second-order valence-corrected chi connectivity index (χ2v) is 6.87. The second kappa shape index (κ2) is 7.55. The highest BCUT2D eigenvalue weighted by atomic mass is 32.2. The Kier molecular flexibility index (Phi) is 5.74. The first-order valence-electron chi connectivity index (χ1n) is 7.15. The molecule has 0 amide bonds. The normalized spacial score (nSPS) is 12.8. The van der Waals surface area contributed by atoms with Crippen LogP contribution in [0.3, 0.4) is 0 Å². The van der Waals surface area contributed by atoms with E-state index in [4.69, 9.17) is 4.42 Å². The molecule has 0 bridgehead atoms. The lowest BCUT2D eigenvalue weighted by Gasteiger charge is -2.13. The van der Waals surface area contributed by atoms with Gasteiger partial charge in [0.2, 0.25) is 0 Å². The zero-order valence-electron chi connectivity index (χ0n) is 12.4. The van der Waals surface area contributed by atoms with Crippen LogP contribution in [-0.2, 0) is 6.54 Å². The number of rotatable bonds is 7. The molecule has 2 rings (SSSR count). The first-order valence-corrected chi connectivity index (χ1v) is 8.03. The first-order chi connectivity index (χ1) is 9.65. The summed E-state index contributed by atoms with van der Waals surface area (Å²) in [4.78, 5) is 1.33. The average Bonchev–Trinajstić information content (AvgIpc) is 2.92. The maximum atomic E-state index is 5.30. The minimum atomic E-state index is 0.537. The molecule has 0 aliphatic carbocycles. The highest BCUT2D eigenvalue weighted by molar-refractivity contribution is 8.00. The average molecular weight is 289 g/mol. The summed E-state index contributed by atoms with van der Waals surface area (Å²) in [7, 11) is 0. The van der Waals surface area contributed by atoms with Gasteiger partial charge in [0.1, 0.15) is 5.76 Å². The van der Waals surface area contributed by atoms with Crippen molar-refractivity contribution in [3.63, 3.8) is 0 Å². The first kappa shape index (κ1) is 15.2. The molecule has 0 saturated heterocycles. The lowest BCUT2D eigenvalue weighted by atomic mass is 10.0. The molecule has 1 aromatic carbocycles. The molecule has 20 heavy (non-hydrogen) atoms. The molecule has 1 aromatic heterocycles. The Hall–Kier alpha value is -1.19. The van der Waals surface area contributed by atoms with Gasteiger partial charge in [0.25, 0.3) is 0 Å². The number of thioether (sulfide) groups is 1. The highest BCUT2D eigenvalue weighted by Gasteiger charge is 2.05. The fourth-order valence-corrected chi connectivity index (χ4v) is 2.98. The van der Waals surface area contributed by atoms with E-state index in [1.807, 2.05) is 23.9 Å². The monoisotopic (exact) mass is 289 g/mol. The summed E-state index contributed by atoms with van der Waals surface area (Å²) >= 11 is 1.91. The van der Waals surface area contributed by atoms with Crippen LogP contribution >= 0.6 is 11.8 Å². The summed E-state index contributed by atoms with van der Waals surface area (Å²) in [6, 6.07) is 12.8. The molecule has 3 heteroatoms. The van der Waals surface area contributed by atoms with Gasteiger partial charge in [-0.25, -0.2) is 0 Å². The summed E-state index contributed by atoms with van der Waals surface area (Å²) in [6.07, 6.45) is 1.71. The number of nitrogens with one attached hydrogen (secondary N) is 1. The largest absolute Gasteiger partial charge is 0.468 e. The summed E-state index contributed by atoms with van der Waals surface area (Å²) in [5.41, 5.74) is 1.40. The third kappa shape index (κ3) is 4.73. The van der Waals surface area contributed by atoms with Crippen molar-refractivity contribution in [2.75, 3.05) is 6.54 Å². The van der Waals surface area contributed by atoms with Crippen LogP contribution in [0.1, 0.15) is 38.0 Å². The summed E-state index contributed by atoms with van der Waals surface area (Å²) in [5.74, 6) is 1.59. The maximum Gasteiger partial charge on any atom is 0.117 e. The Balaban J connectivity index is 1.74. The van der Waals surface area contributed by atoms with Gasteiger partial charge in [0.05, 0.1) is 12.8 Å². The number of benzene rings is 1. The molecular weight excluding hydrogens is 266 g/mol. The fraction of sp³-hybridized carbons (Fsp3) is 0.412. The molecule has 0 spiro atoms. The van der Waals surface area contributed by atoms with Gasteiger partial charge in [-0.2, -0.15) is 0 Å². The van der Waals surface area contributed by atoms with E-state index in [9.17, 15) is 0 Å². The van der Waals surface area contributed by atoms with Crippen molar-refractivity contribution in [2.45, 2.75) is 43.4 Å². The van der Waals surface area contributed by atoms with Crippen LogP contribution in [0.5, 0.6) is 0 Å². The smallest absolute Gasteiger partial charge is 0.117 e. The van der Waals surface area contributed by atoms with Crippen molar-refractivity contribution >= 4 is 11.8 Å². The summed E-state index contributed by atoms with van der Waals surface area (Å²) < 4.78 is 5.30. The van der Waals surface area contributed by atoms with Crippen molar-refractivity contribution in [1.82, 2.24) is 5.32 Å². The molecule has 0 saturated carbocycles. The molecule has 1 N–H and O–H groups in total. The predicted octanol–water partition coefficient (Wildman–Crippen LogP) is 4.67. The minimum absolute atomic E-state index is 0.537. The van der Waals surface area contributed by atoms with Gasteiger partial charge in [0.15, 0.2) is 0 Å². The molecule has 1 atom stereocenters. The van der Waals surface area contributed by atoms with E-state index in [2.05, 4.69) is 50.4 Å². The van der Waals surface area contributed by atoms with Crippen LogP contribution in [-0.4, -0.2) is 11.8 Å². The van der Waals surface area contributed by atoms with Crippen LogP contribution in [0, 0.1) is 0 Å². The standard InChI is InChI=1S/C17H23NOS/c1-13(2)15-6-8-17(9-7-15)20-14(3)11-18-12-16-5-4-10-19-16/h4-10,13-14,18H,11-12H2,1-3H3. The fourth-order valence-electron chi connectivity index (χ4n) is 2.02. The van der Waals surface area contributed by atoms with Crippen molar-refractivity contribution in [3.8, 4) is 0 Å². The Morgan fingerprint density at radius 3 is 2.45 bits per heavy atom. The van der Waals surface area contributed by atoms with Crippen LogP contribution < -0.4 is 5.32 Å². The molecule has 0 aliphatic rings. The predicted molar refractivity (Wildman–Crippen MR) is 86.3 cm³/mol. The Morgan fingerprint density at radius 1 is 1.10 bits per heavy atom. The number of hydrogen-bond donors (Lipinski definition) is 1. The van der Waals surface area contributed by atoms with Crippen molar-refractivity contribution in [2.24, 2.45) is 0 Å². The highest BCUT2D eigenvalue weighted by Crippen LogP contribution is 2.25. The van der Waals surface area contributed by atoms with E-state index in [0.717, 1.165) is 18.8 Å². The molecule has 108 valence electrons. The van der Waals surface area contributed by atoms with E-state index in [-0.39, 0.29) is 0 Å². The van der Waals surface area contributed by atoms with Crippen LogP contribution in [0.4, 0.5) is 0 Å². The Labute approximate surface area is 126 Å². The molecule has 0 radical (unpaired) electrons. The zero-order valence-corrected chi connectivity index (χ0v) is 13.2. The SMILES string of the molecule is CC(CNCc1ccco1)Sc1ccc(C(C)C)cc1. The van der Waals surface area contributed by atoms with E-state index in [1.165, 1.54) is 10.5 Å². The quantitative estimate of drug-likeness (QED) is 0.750. The van der Waals surface area contributed by atoms with Crippen molar-refractivity contribution in [1.29, 1.82) is 0 Å². The van der Waals surface area contributed by atoms with Gasteiger partial charge in [0, 0.05) is 16.7 Å². The maximum absolute atomic E-state index is 5.30. The number of hydrogen-bond acceptors (Lipinski definition) is 3. The van der Waals surface area contributed by atoms with Gasteiger partial charge in [-0.1, -0.05) is 32.9 Å². The van der Waals surface area contributed by atoms with E-state index in [0.29, 0.717) is 11.2 Å². The van der Waals surface area contributed by atoms with Crippen molar-refractivity contribution in [3.05, 3.63) is 54.0 Å². The molecule has 1 heterocycles. The van der Waals surface area contributed by atoms with Gasteiger partial charge < -0.3 is 9.73 Å². The lowest BCUT2D eigenvalue weighted by Crippen LogP contribution is -2.21. The van der Waals surface area contributed by atoms with Gasteiger partial charge in [-0.3, -0.25) is 0 Å². The van der Waals surface area contributed by atoms with Crippen LogP contribution in [0.2, 0.25) is 0 Å². The van der Waals surface area contributed by atoms with Crippen LogP contribution in [0.25, 0.3) is 0 Å². The van der Waals surface area contributed by atoms with Crippen LogP contribution in [0.15, 0.2) is 52.0 Å². The molecule has 1 unspecified atom stereocenters. The Bertz CT molecular complexity index is 490. The minimum Gasteiger partial charge on any atom is -0.468 e. The Morgan fingerprint density at radius 2 is 1.85 bits per heavy atom. The second-order valence-electron chi connectivity index (χ2n) is 5.36. The molecule has 2 nitrogen and oxygen atoms in total. The molecule has 2 aromatic rings. The molecule has 0 fully saturated rings. The summed E-state index contributed by atoms with van der Waals surface area (Å²) in [6.45, 7) is 8.46. The lowest BCUT2D eigenvalue weighted by molar-refractivity contribution is 0.484. The van der Waals surface area contributed by atoms with E-state index >= 15 is 0 Å². The molecule has 0 aliphatic heterocycles.